The SMILES string of the molecule is CSC(C[N+](=O)[O-])=NCc1cnc(Cl)s1. The summed E-state index contributed by atoms with van der Waals surface area (Å²) >= 11 is 8.25. The fraction of sp³-hybridized carbons (Fsp3) is 0.429. The van der Waals surface area contributed by atoms with Gasteiger partial charge < -0.3 is 0 Å². The summed E-state index contributed by atoms with van der Waals surface area (Å²) in [6.07, 6.45) is 3.39. The van der Waals surface area contributed by atoms with Gasteiger partial charge in [0.25, 0.3) is 6.54 Å². The molecule has 0 saturated carbocycles. The molecule has 8 heteroatoms. The van der Waals surface area contributed by atoms with Crippen molar-refractivity contribution in [2.24, 2.45) is 4.99 Å². The molecule has 0 bridgehead atoms. The van der Waals surface area contributed by atoms with Crippen molar-refractivity contribution in [1.82, 2.24) is 4.98 Å². The van der Waals surface area contributed by atoms with Gasteiger partial charge in [-0.3, -0.25) is 15.1 Å². The number of thioether (sulfide) groups is 1. The number of thiazole rings is 1. The first kappa shape index (κ1) is 12.4. The lowest BCUT2D eigenvalue weighted by Gasteiger charge is -1.96. The maximum absolute atomic E-state index is 10.3. The first-order chi connectivity index (χ1) is 7.11. The summed E-state index contributed by atoms with van der Waals surface area (Å²) in [7, 11) is 0. The Morgan fingerprint density at radius 2 is 2.60 bits per heavy atom. The van der Waals surface area contributed by atoms with Crippen molar-refractivity contribution in [2.75, 3.05) is 12.8 Å². The molecule has 0 radical (unpaired) electrons. The number of aromatic nitrogens is 1. The average molecular weight is 266 g/mol. The van der Waals surface area contributed by atoms with Gasteiger partial charge in [-0.25, -0.2) is 4.98 Å². The zero-order valence-corrected chi connectivity index (χ0v) is 10.2. The van der Waals surface area contributed by atoms with Crippen LogP contribution in [0, 0.1) is 10.1 Å². The lowest BCUT2D eigenvalue weighted by molar-refractivity contribution is -0.462. The first-order valence-corrected chi connectivity index (χ1v) is 6.33. The van der Waals surface area contributed by atoms with Crippen LogP contribution in [0.25, 0.3) is 0 Å². The topological polar surface area (TPSA) is 68.4 Å². The normalized spacial score (nSPS) is 11.7. The summed E-state index contributed by atoms with van der Waals surface area (Å²) in [4.78, 5) is 18.7. The summed E-state index contributed by atoms with van der Waals surface area (Å²) in [5.74, 6) is 0. The third-order valence-electron chi connectivity index (χ3n) is 1.44. The number of rotatable bonds is 4. The van der Waals surface area contributed by atoms with Crippen molar-refractivity contribution in [3.8, 4) is 0 Å². The Morgan fingerprint density at radius 1 is 1.87 bits per heavy atom. The van der Waals surface area contributed by atoms with Gasteiger partial charge in [-0.05, 0) is 6.26 Å². The number of nitrogens with zero attached hydrogens (tertiary/aromatic N) is 3. The van der Waals surface area contributed by atoms with E-state index in [1.807, 2.05) is 0 Å². The molecular weight excluding hydrogens is 258 g/mol. The average Bonchev–Trinajstić information content (AvgIpc) is 2.58. The molecule has 0 aromatic carbocycles. The van der Waals surface area contributed by atoms with Gasteiger partial charge >= 0.3 is 0 Å². The second-order valence-corrected chi connectivity index (χ2v) is 5.06. The number of aliphatic imine (C=N–C) groups is 1. The maximum Gasteiger partial charge on any atom is 0.251 e. The Labute approximate surface area is 99.7 Å². The van der Waals surface area contributed by atoms with E-state index in [-0.39, 0.29) is 6.54 Å². The van der Waals surface area contributed by atoms with E-state index in [0.29, 0.717) is 16.1 Å². The molecule has 0 aliphatic rings. The van der Waals surface area contributed by atoms with Gasteiger partial charge in [0.1, 0.15) is 5.04 Å². The van der Waals surface area contributed by atoms with Crippen LogP contribution in [0.2, 0.25) is 4.47 Å². The van der Waals surface area contributed by atoms with Crippen LogP contribution in [-0.4, -0.2) is 27.8 Å². The molecule has 1 rings (SSSR count). The minimum absolute atomic E-state index is 0.228. The molecule has 0 fully saturated rings. The number of nitro groups is 1. The van der Waals surface area contributed by atoms with E-state index in [0.717, 1.165) is 4.88 Å². The van der Waals surface area contributed by atoms with Gasteiger partial charge in [-0.15, -0.1) is 23.1 Å². The van der Waals surface area contributed by atoms with E-state index in [1.54, 1.807) is 12.5 Å². The molecule has 0 saturated heterocycles. The smallest absolute Gasteiger partial charge is 0.251 e. The highest BCUT2D eigenvalue weighted by Gasteiger charge is 2.06. The zero-order chi connectivity index (χ0) is 11.3. The van der Waals surface area contributed by atoms with Crippen LogP contribution in [0.15, 0.2) is 11.2 Å². The van der Waals surface area contributed by atoms with Crippen LogP contribution in [0.4, 0.5) is 0 Å². The standard InChI is InChI=1S/C7H8ClN3O2S2/c1-14-6(4-11(12)13)9-2-5-3-10-7(8)15-5/h3H,2,4H2,1H3. The molecule has 1 aromatic rings. The minimum Gasteiger partial charge on any atom is -0.271 e. The van der Waals surface area contributed by atoms with E-state index in [4.69, 9.17) is 11.6 Å². The third-order valence-corrected chi connectivity index (χ3v) is 3.27. The largest absolute Gasteiger partial charge is 0.271 e. The van der Waals surface area contributed by atoms with Crippen molar-refractivity contribution >= 4 is 39.7 Å². The Balaban J connectivity index is 2.57. The first-order valence-electron chi connectivity index (χ1n) is 3.91. The predicted molar refractivity (Wildman–Crippen MR) is 63.6 cm³/mol. The second-order valence-electron chi connectivity index (χ2n) is 2.48. The molecule has 0 aliphatic carbocycles. The van der Waals surface area contributed by atoms with Gasteiger partial charge in [0.2, 0.25) is 0 Å². The van der Waals surface area contributed by atoms with Crippen LogP contribution >= 0.6 is 34.7 Å². The quantitative estimate of drug-likeness (QED) is 0.363. The Hall–Kier alpha value is -0.660. The van der Waals surface area contributed by atoms with Crippen LogP contribution in [0.3, 0.4) is 0 Å². The van der Waals surface area contributed by atoms with E-state index >= 15 is 0 Å². The van der Waals surface area contributed by atoms with Gasteiger partial charge in [-0.1, -0.05) is 11.6 Å². The Morgan fingerprint density at radius 3 is 3.07 bits per heavy atom. The predicted octanol–water partition coefficient (Wildman–Crippen LogP) is 2.33. The molecule has 0 atom stereocenters. The van der Waals surface area contributed by atoms with Crippen LogP contribution < -0.4 is 0 Å². The maximum atomic E-state index is 10.3. The molecule has 15 heavy (non-hydrogen) atoms. The van der Waals surface area contributed by atoms with Crippen molar-refractivity contribution in [3.63, 3.8) is 0 Å². The van der Waals surface area contributed by atoms with Crippen LogP contribution in [-0.2, 0) is 6.54 Å². The molecular formula is C7H8ClN3O2S2. The molecule has 0 N–H and O–H groups in total. The van der Waals surface area contributed by atoms with Crippen molar-refractivity contribution in [2.45, 2.75) is 6.54 Å². The van der Waals surface area contributed by atoms with E-state index in [2.05, 4.69) is 9.98 Å². The summed E-state index contributed by atoms with van der Waals surface area (Å²) in [6.45, 7) is 0.169. The van der Waals surface area contributed by atoms with Gasteiger partial charge in [0.15, 0.2) is 4.47 Å². The Kier molecular flexibility index (Phi) is 5.00. The van der Waals surface area contributed by atoms with E-state index in [1.165, 1.54) is 23.1 Å². The highest BCUT2D eigenvalue weighted by Crippen LogP contribution is 2.18. The van der Waals surface area contributed by atoms with Gasteiger partial charge in [0, 0.05) is 16.0 Å². The molecule has 0 amide bonds. The summed E-state index contributed by atoms with van der Waals surface area (Å²) < 4.78 is 0.458. The van der Waals surface area contributed by atoms with Gasteiger partial charge in [-0.2, -0.15) is 0 Å². The number of hydrogen-bond donors (Lipinski definition) is 0. The lowest BCUT2D eigenvalue weighted by atomic mass is 10.5. The summed E-state index contributed by atoms with van der Waals surface area (Å²) in [5, 5.41) is 10.8. The monoisotopic (exact) mass is 265 g/mol. The van der Waals surface area contributed by atoms with Crippen LogP contribution in [0.5, 0.6) is 0 Å². The molecule has 1 aromatic heterocycles. The van der Waals surface area contributed by atoms with Crippen molar-refractivity contribution in [1.29, 1.82) is 0 Å². The zero-order valence-electron chi connectivity index (χ0n) is 7.84. The molecule has 0 spiro atoms. The molecule has 5 nitrogen and oxygen atoms in total. The fourth-order valence-corrected chi connectivity index (χ4v) is 2.14. The van der Waals surface area contributed by atoms with E-state index in [9.17, 15) is 10.1 Å². The van der Waals surface area contributed by atoms with Crippen molar-refractivity contribution < 1.29 is 4.92 Å². The Bertz CT molecular complexity index is 380. The van der Waals surface area contributed by atoms with Crippen LogP contribution in [0.1, 0.15) is 4.88 Å². The number of halogens is 1. The summed E-state index contributed by atoms with van der Waals surface area (Å²) in [5.41, 5.74) is 0. The fourth-order valence-electron chi connectivity index (χ4n) is 0.812. The lowest BCUT2D eigenvalue weighted by Crippen LogP contribution is -2.10. The highest BCUT2D eigenvalue weighted by atomic mass is 35.5. The highest BCUT2D eigenvalue weighted by molar-refractivity contribution is 8.13. The molecule has 82 valence electrons. The molecule has 1 heterocycles. The third kappa shape index (κ3) is 4.59. The number of hydrogen-bond acceptors (Lipinski definition) is 6. The minimum atomic E-state index is -0.394. The molecule has 0 unspecified atom stereocenters. The summed E-state index contributed by atoms with van der Waals surface area (Å²) in [6, 6.07) is 0. The molecule has 0 aliphatic heterocycles. The van der Waals surface area contributed by atoms with Gasteiger partial charge in [0.05, 0.1) is 6.54 Å². The van der Waals surface area contributed by atoms with E-state index < -0.39 is 4.92 Å². The van der Waals surface area contributed by atoms with Crippen molar-refractivity contribution in [3.05, 3.63) is 25.7 Å². The second kappa shape index (κ2) is 6.04.